The molecule has 2 atom stereocenters. The minimum atomic E-state index is -4.83. The molecule has 1 N–H and O–H groups in total. The van der Waals surface area contributed by atoms with Crippen molar-refractivity contribution in [3.63, 3.8) is 0 Å². The third-order valence-electron chi connectivity index (χ3n) is 6.08. The van der Waals surface area contributed by atoms with Crippen LogP contribution in [0.3, 0.4) is 0 Å². The van der Waals surface area contributed by atoms with Crippen molar-refractivity contribution >= 4 is 22.6 Å². The van der Waals surface area contributed by atoms with Crippen LogP contribution in [-0.4, -0.2) is 40.5 Å². The maximum absolute atomic E-state index is 14.7. The highest BCUT2D eigenvalue weighted by Crippen LogP contribution is 2.35. The summed E-state index contributed by atoms with van der Waals surface area (Å²) in [6.07, 6.45) is -3.84. The first-order chi connectivity index (χ1) is 16.5. The molecule has 1 aliphatic rings. The number of carbonyl (C=O) groups is 1. The van der Waals surface area contributed by atoms with Gasteiger partial charge in [-0.05, 0) is 32.4 Å². The van der Waals surface area contributed by atoms with Crippen LogP contribution in [-0.2, 0) is 11.0 Å². The number of halogens is 5. The van der Waals surface area contributed by atoms with Crippen molar-refractivity contribution < 1.29 is 31.5 Å². The number of amides is 1. The Bertz CT molecular complexity index is 1280. The van der Waals surface area contributed by atoms with E-state index in [1.165, 1.54) is 25.1 Å². The number of likely N-dealkylation sites (N-methyl/N-ethyl adjacent to an activating group) is 1. The number of nitrogens with one attached hydrogen (secondary N) is 1. The van der Waals surface area contributed by atoms with Crippen LogP contribution in [0.15, 0.2) is 30.3 Å². The zero-order chi connectivity index (χ0) is 25.5. The molecule has 1 saturated heterocycles. The SMILES string of the molecule is Cc1nc(N[C@H](C)c2cccc(C(F)(F)F)c2F)c2cc(OC[C@@H]3CCC(=O)N3C)c(F)cc2n1. The summed E-state index contributed by atoms with van der Waals surface area (Å²) in [5.41, 5.74) is -1.31. The van der Waals surface area contributed by atoms with E-state index < -0.39 is 29.4 Å². The number of aryl methyl sites for hydroxylation is 1. The highest BCUT2D eigenvalue weighted by Gasteiger charge is 2.35. The van der Waals surface area contributed by atoms with Gasteiger partial charge in [0.05, 0.1) is 23.2 Å². The van der Waals surface area contributed by atoms with Crippen LogP contribution in [0.25, 0.3) is 10.9 Å². The standard InChI is InChI=1S/C24H23F5N4O2/c1-12(15-5-4-6-17(22(15)26)24(27,28)29)30-23-16-9-20(18(25)10-19(16)31-13(2)32-23)35-11-14-7-8-21(34)33(14)3/h4-6,9-10,12,14H,7-8,11H2,1-3H3,(H,30,31,32)/t12-,14+/m1/s1. The summed E-state index contributed by atoms with van der Waals surface area (Å²) in [6, 6.07) is 4.54. The molecule has 11 heteroatoms. The number of likely N-dealkylation sites (tertiary alicyclic amines) is 1. The van der Waals surface area contributed by atoms with Crippen molar-refractivity contribution in [2.45, 2.75) is 44.9 Å². The molecule has 1 fully saturated rings. The first-order valence-corrected chi connectivity index (χ1v) is 10.9. The summed E-state index contributed by atoms with van der Waals surface area (Å²) in [4.78, 5) is 21.8. The maximum atomic E-state index is 14.7. The van der Waals surface area contributed by atoms with Crippen LogP contribution >= 0.6 is 0 Å². The van der Waals surface area contributed by atoms with Gasteiger partial charge < -0.3 is 15.0 Å². The quantitative estimate of drug-likeness (QED) is 0.465. The first-order valence-electron chi connectivity index (χ1n) is 10.9. The summed E-state index contributed by atoms with van der Waals surface area (Å²) >= 11 is 0. The molecule has 0 spiro atoms. The van der Waals surface area contributed by atoms with Gasteiger partial charge >= 0.3 is 6.18 Å². The van der Waals surface area contributed by atoms with Crippen molar-refractivity contribution in [2.75, 3.05) is 19.0 Å². The van der Waals surface area contributed by atoms with Crippen molar-refractivity contribution in [1.29, 1.82) is 0 Å². The minimum Gasteiger partial charge on any atom is -0.488 e. The Balaban J connectivity index is 1.65. The number of nitrogens with zero attached hydrogens (tertiary/aromatic N) is 3. The van der Waals surface area contributed by atoms with Crippen LogP contribution < -0.4 is 10.1 Å². The molecule has 0 radical (unpaired) electrons. The number of fused-ring (bicyclic) bond motifs is 1. The third-order valence-corrected chi connectivity index (χ3v) is 6.08. The number of anilines is 1. The molecule has 0 saturated carbocycles. The molecular formula is C24H23F5N4O2. The average Bonchev–Trinajstić information content (AvgIpc) is 3.09. The summed E-state index contributed by atoms with van der Waals surface area (Å²) in [7, 11) is 1.66. The molecule has 0 aliphatic carbocycles. The molecule has 6 nitrogen and oxygen atoms in total. The molecule has 1 aliphatic heterocycles. The van der Waals surface area contributed by atoms with E-state index in [2.05, 4.69) is 15.3 Å². The Kier molecular flexibility index (Phi) is 6.52. The molecule has 4 rings (SSSR count). The minimum absolute atomic E-state index is 0.0104. The van der Waals surface area contributed by atoms with Crippen LogP contribution in [0.5, 0.6) is 5.75 Å². The van der Waals surface area contributed by atoms with E-state index in [-0.39, 0.29) is 47.0 Å². The van der Waals surface area contributed by atoms with Crippen molar-refractivity contribution in [2.24, 2.45) is 0 Å². The van der Waals surface area contributed by atoms with Gasteiger partial charge in [-0.1, -0.05) is 12.1 Å². The van der Waals surface area contributed by atoms with Crippen molar-refractivity contribution in [1.82, 2.24) is 14.9 Å². The number of rotatable bonds is 6. The van der Waals surface area contributed by atoms with E-state index in [4.69, 9.17) is 4.74 Å². The van der Waals surface area contributed by atoms with E-state index in [1.807, 2.05) is 0 Å². The third kappa shape index (κ3) is 4.98. The number of aromatic nitrogens is 2. The molecule has 1 aromatic heterocycles. The molecule has 1 amide bonds. The van der Waals surface area contributed by atoms with Gasteiger partial charge in [0, 0.05) is 30.5 Å². The molecule has 0 unspecified atom stereocenters. The second kappa shape index (κ2) is 9.27. The Morgan fingerprint density at radius 3 is 2.63 bits per heavy atom. The molecule has 2 heterocycles. The monoisotopic (exact) mass is 494 g/mol. The summed E-state index contributed by atoms with van der Waals surface area (Å²) in [5.74, 6) is -1.65. The van der Waals surface area contributed by atoms with Crippen molar-refractivity contribution in [3.8, 4) is 5.75 Å². The van der Waals surface area contributed by atoms with Gasteiger partial charge in [-0.25, -0.2) is 18.7 Å². The fourth-order valence-corrected chi connectivity index (χ4v) is 4.10. The number of hydrogen-bond donors (Lipinski definition) is 1. The number of carbonyl (C=O) groups excluding carboxylic acids is 1. The smallest absolute Gasteiger partial charge is 0.419 e. The van der Waals surface area contributed by atoms with Gasteiger partial charge in [0.1, 0.15) is 24.1 Å². The van der Waals surface area contributed by atoms with E-state index >= 15 is 0 Å². The summed E-state index contributed by atoms with van der Waals surface area (Å²) in [5, 5.41) is 3.28. The van der Waals surface area contributed by atoms with Gasteiger partial charge in [0.15, 0.2) is 11.6 Å². The van der Waals surface area contributed by atoms with E-state index in [9.17, 15) is 26.7 Å². The Morgan fingerprint density at radius 1 is 1.23 bits per heavy atom. The molecule has 186 valence electrons. The Hall–Kier alpha value is -3.50. The van der Waals surface area contributed by atoms with Gasteiger partial charge in [-0.15, -0.1) is 0 Å². The van der Waals surface area contributed by atoms with Crippen LogP contribution in [0.2, 0.25) is 0 Å². The lowest BCUT2D eigenvalue weighted by atomic mass is 10.0. The highest BCUT2D eigenvalue weighted by atomic mass is 19.4. The first kappa shape index (κ1) is 24.6. The van der Waals surface area contributed by atoms with Gasteiger partial charge in [0.25, 0.3) is 0 Å². The zero-order valence-corrected chi connectivity index (χ0v) is 19.2. The number of hydrogen-bond acceptors (Lipinski definition) is 5. The van der Waals surface area contributed by atoms with Gasteiger partial charge in [0.2, 0.25) is 5.91 Å². The molecule has 35 heavy (non-hydrogen) atoms. The number of alkyl halides is 3. The number of ether oxygens (including phenoxy) is 1. The van der Waals surface area contributed by atoms with Crippen molar-refractivity contribution in [3.05, 3.63) is 58.9 Å². The predicted octanol–water partition coefficient (Wildman–Crippen LogP) is 5.41. The summed E-state index contributed by atoms with van der Waals surface area (Å²) in [6.45, 7) is 3.16. The lowest BCUT2D eigenvalue weighted by Crippen LogP contribution is -2.33. The zero-order valence-electron chi connectivity index (χ0n) is 19.2. The van der Waals surface area contributed by atoms with Gasteiger partial charge in [-0.3, -0.25) is 4.79 Å². The van der Waals surface area contributed by atoms with Crippen LogP contribution in [0.1, 0.15) is 42.8 Å². The Labute approximate surface area is 198 Å². The second-order valence-corrected chi connectivity index (χ2v) is 8.50. The largest absolute Gasteiger partial charge is 0.488 e. The molecule has 3 aromatic rings. The highest BCUT2D eigenvalue weighted by molar-refractivity contribution is 5.90. The van der Waals surface area contributed by atoms with Gasteiger partial charge in [-0.2, -0.15) is 13.2 Å². The number of benzene rings is 2. The van der Waals surface area contributed by atoms with E-state index in [1.54, 1.807) is 18.9 Å². The molecule has 0 bridgehead atoms. The van der Waals surface area contributed by atoms with E-state index in [0.29, 0.717) is 24.3 Å². The lowest BCUT2D eigenvalue weighted by molar-refractivity contribution is -0.140. The van der Waals surface area contributed by atoms with Crippen LogP contribution in [0.4, 0.5) is 27.8 Å². The lowest BCUT2D eigenvalue weighted by Gasteiger charge is -2.21. The molecular weight excluding hydrogens is 471 g/mol. The van der Waals surface area contributed by atoms with E-state index in [0.717, 1.165) is 6.07 Å². The maximum Gasteiger partial charge on any atom is 0.419 e. The average molecular weight is 494 g/mol. The van der Waals surface area contributed by atoms with Crippen LogP contribution in [0, 0.1) is 18.6 Å². The second-order valence-electron chi connectivity index (χ2n) is 8.50. The predicted molar refractivity (Wildman–Crippen MR) is 119 cm³/mol. The Morgan fingerprint density at radius 2 is 1.97 bits per heavy atom. The summed E-state index contributed by atoms with van der Waals surface area (Å²) < 4.78 is 74.5. The topological polar surface area (TPSA) is 67.4 Å². The normalized spacial score (nSPS) is 17.2. The fraction of sp³-hybridized carbons (Fsp3) is 0.375. The molecule has 2 aromatic carbocycles. The fourth-order valence-electron chi connectivity index (χ4n) is 4.10.